The molecule has 10 aromatic rings. The van der Waals surface area contributed by atoms with E-state index < -0.39 is 0 Å². The van der Waals surface area contributed by atoms with Crippen LogP contribution in [0.15, 0.2) is 224 Å². The van der Waals surface area contributed by atoms with Gasteiger partial charge in [-0.25, -0.2) is 0 Å². The third-order valence-electron chi connectivity index (χ3n) is 12.7. The normalized spacial score (nSPS) is 12.6. The third kappa shape index (κ3) is 5.77. The third-order valence-corrected chi connectivity index (χ3v) is 12.7. The van der Waals surface area contributed by atoms with Gasteiger partial charge in [-0.05, 0) is 102 Å². The van der Waals surface area contributed by atoms with Crippen molar-refractivity contribution in [3.05, 3.63) is 236 Å². The van der Waals surface area contributed by atoms with Crippen LogP contribution in [-0.2, 0) is 5.41 Å². The maximum Gasteiger partial charge on any atom is 0.0546 e. The topological polar surface area (TPSA) is 3.24 Å². The van der Waals surface area contributed by atoms with Crippen molar-refractivity contribution in [1.29, 1.82) is 0 Å². The standard InChI is InChI=1S/C59H43N/c1-59(2)53-32-16-15-29-52(53)57-47(30-17-33-54(57)59)42-35-37-44(38-36-42)60(56-39-43-23-9-10-25-46(43)49-26-12-13-27-50(49)56)55-34-18-31-48(41-21-7-4-8-22-41)58(55)51-28-14-11-24-45(51)40-19-5-3-6-20-40/h3-39H,1-2H3. The predicted octanol–water partition coefficient (Wildman–Crippen LogP) is 16.4. The molecule has 0 aliphatic heterocycles. The molecule has 0 bridgehead atoms. The molecule has 0 saturated carbocycles. The fourth-order valence-corrected chi connectivity index (χ4v) is 9.85. The minimum atomic E-state index is -0.0635. The van der Waals surface area contributed by atoms with Gasteiger partial charge in [-0.15, -0.1) is 0 Å². The van der Waals surface area contributed by atoms with E-state index in [9.17, 15) is 0 Å². The molecular formula is C59H43N. The van der Waals surface area contributed by atoms with E-state index in [2.05, 4.69) is 243 Å². The molecule has 0 fully saturated rings. The molecule has 0 N–H and O–H groups in total. The minimum Gasteiger partial charge on any atom is -0.309 e. The smallest absolute Gasteiger partial charge is 0.0546 e. The van der Waals surface area contributed by atoms with Gasteiger partial charge in [-0.2, -0.15) is 0 Å². The molecule has 284 valence electrons. The van der Waals surface area contributed by atoms with Gasteiger partial charge in [-0.1, -0.05) is 214 Å². The molecule has 1 nitrogen and oxygen atoms in total. The summed E-state index contributed by atoms with van der Waals surface area (Å²) >= 11 is 0. The van der Waals surface area contributed by atoms with E-state index in [0.717, 1.165) is 17.1 Å². The Morgan fingerprint density at radius 1 is 0.317 bits per heavy atom. The quantitative estimate of drug-likeness (QED) is 0.146. The zero-order valence-corrected chi connectivity index (χ0v) is 33.8. The highest BCUT2D eigenvalue weighted by molar-refractivity contribution is 6.15. The average molecular weight is 766 g/mol. The first kappa shape index (κ1) is 35.7. The summed E-state index contributed by atoms with van der Waals surface area (Å²) in [5.74, 6) is 0. The maximum absolute atomic E-state index is 2.51. The van der Waals surface area contributed by atoms with Gasteiger partial charge >= 0.3 is 0 Å². The molecule has 60 heavy (non-hydrogen) atoms. The number of nitrogens with zero attached hydrogens (tertiary/aromatic N) is 1. The lowest BCUT2D eigenvalue weighted by molar-refractivity contribution is 0.660. The number of benzene rings is 10. The second-order valence-corrected chi connectivity index (χ2v) is 16.4. The predicted molar refractivity (Wildman–Crippen MR) is 255 cm³/mol. The van der Waals surface area contributed by atoms with Crippen molar-refractivity contribution in [2.24, 2.45) is 0 Å². The molecule has 0 atom stereocenters. The largest absolute Gasteiger partial charge is 0.309 e. The second-order valence-electron chi connectivity index (χ2n) is 16.4. The van der Waals surface area contributed by atoms with Crippen LogP contribution in [0.2, 0.25) is 0 Å². The summed E-state index contributed by atoms with van der Waals surface area (Å²) in [5, 5.41) is 4.89. The fraction of sp³-hybridized carbons (Fsp3) is 0.0508. The van der Waals surface area contributed by atoms with Crippen molar-refractivity contribution in [1.82, 2.24) is 0 Å². The van der Waals surface area contributed by atoms with Crippen LogP contribution < -0.4 is 4.90 Å². The number of hydrogen-bond donors (Lipinski definition) is 0. The Bertz CT molecular complexity index is 3210. The van der Waals surface area contributed by atoms with Crippen LogP contribution in [0, 0.1) is 0 Å². The molecule has 0 spiro atoms. The molecule has 0 heterocycles. The summed E-state index contributed by atoms with van der Waals surface area (Å²) in [7, 11) is 0. The fourth-order valence-electron chi connectivity index (χ4n) is 9.85. The van der Waals surface area contributed by atoms with Gasteiger partial charge in [0.15, 0.2) is 0 Å². The van der Waals surface area contributed by atoms with Crippen LogP contribution >= 0.6 is 0 Å². The molecule has 1 heteroatoms. The number of hydrogen-bond acceptors (Lipinski definition) is 1. The number of anilines is 3. The van der Waals surface area contributed by atoms with E-state index in [1.54, 1.807) is 0 Å². The summed E-state index contributed by atoms with van der Waals surface area (Å²) in [5.41, 5.74) is 18.3. The van der Waals surface area contributed by atoms with Gasteiger partial charge in [0.05, 0.1) is 11.4 Å². The van der Waals surface area contributed by atoms with Gasteiger partial charge in [0.1, 0.15) is 0 Å². The van der Waals surface area contributed by atoms with E-state index in [1.165, 1.54) is 88.3 Å². The van der Waals surface area contributed by atoms with Crippen molar-refractivity contribution in [2.45, 2.75) is 19.3 Å². The van der Waals surface area contributed by atoms with E-state index >= 15 is 0 Å². The highest BCUT2D eigenvalue weighted by Gasteiger charge is 2.36. The Balaban J connectivity index is 1.19. The van der Waals surface area contributed by atoms with Crippen LogP contribution in [0.25, 0.3) is 77.2 Å². The highest BCUT2D eigenvalue weighted by Crippen LogP contribution is 2.53. The van der Waals surface area contributed by atoms with Crippen molar-refractivity contribution in [3.8, 4) is 55.6 Å². The first-order valence-electron chi connectivity index (χ1n) is 20.9. The summed E-state index contributed by atoms with van der Waals surface area (Å²) in [4.78, 5) is 2.51. The van der Waals surface area contributed by atoms with E-state index in [0.29, 0.717) is 0 Å². The number of fused-ring (bicyclic) bond motifs is 6. The molecular weight excluding hydrogens is 723 g/mol. The Kier molecular flexibility index (Phi) is 8.57. The van der Waals surface area contributed by atoms with Crippen molar-refractivity contribution >= 4 is 38.6 Å². The molecule has 11 rings (SSSR count). The van der Waals surface area contributed by atoms with Gasteiger partial charge in [-0.3, -0.25) is 0 Å². The summed E-state index contributed by atoms with van der Waals surface area (Å²) in [6.45, 7) is 4.71. The summed E-state index contributed by atoms with van der Waals surface area (Å²) < 4.78 is 0. The summed E-state index contributed by atoms with van der Waals surface area (Å²) in [6.07, 6.45) is 0. The molecule has 0 saturated heterocycles. The lowest BCUT2D eigenvalue weighted by atomic mass is 9.82. The van der Waals surface area contributed by atoms with E-state index in [-0.39, 0.29) is 5.41 Å². The molecule has 1 aliphatic carbocycles. The van der Waals surface area contributed by atoms with E-state index in [1.807, 2.05) is 0 Å². The van der Waals surface area contributed by atoms with Gasteiger partial charge in [0.25, 0.3) is 0 Å². The molecule has 0 radical (unpaired) electrons. The molecule has 1 aliphatic rings. The van der Waals surface area contributed by atoms with Gasteiger partial charge < -0.3 is 4.90 Å². The SMILES string of the molecule is CC1(C)c2ccccc2-c2c(-c3ccc(N(c4cccc(-c5ccccc5)c4-c4ccccc4-c4ccccc4)c4cc5ccccc5c5ccccc45)cc3)cccc21. The van der Waals surface area contributed by atoms with Crippen molar-refractivity contribution in [3.63, 3.8) is 0 Å². The lowest BCUT2D eigenvalue weighted by Gasteiger charge is -2.31. The van der Waals surface area contributed by atoms with Crippen molar-refractivity contribution in [2.75, 3.05) is 4.90 Å². The van der Waals surface area contributed by atoms with Crippen LogP contribution in [0.4, 0.5) is 17.1 Å². The monoisotopic (exact) mass is 765 g/mol. The minimum absolute atomic E-state index is 0.0635. The second kappa shape index (κ2) is 14.4. The zero-order chi connectivity index (χ0) is 40.2. The lowest BCUT2D eigenvalue weighted by Crippen LogP contribution is -2.14. The summed E-state index contributed by atoms with van der Waals surface area (Å²) in [6, 6.07) is 82.5. The Hall–Kier alpha value is -7.48. The van der Waals surface area contributed by atoms with E-state index in [4.69, 9.17) is 0 Å². The molecule has 10 aromatic carbocycles. The molecule has 0 aromatic heterocycles. The van der Waals surface area contributed by atoms with Crippen LogP contribution in [-0.4, -0.2) is 0 Å². The maximum atomic E-state index is 2.51. The van der Waals surface area contributed by atoms with Crippen molar-refractivity contribution < 1.29 is 0 Å². The first-order chi connectivity index (χ1) is 29.6. The molecule has 0 unspecified atom stereocenters. The van der Waals surface area contributed by atoms with Crippen LogP contribution in [0.5, 0.6) is 0 Å². The highest BCUT2D eigenvalue weighted by atomic mass is 15.1. The Morgan fingerprint density at radius 3 is 1.55 bits per heavy atom. The van der Waals surface area contributed by atoms with Gasteiger partial charge in [0, 0.05) is 22.1 Å². The first-order valence-corrected chi connectivity index (χ1v) is 20.9. The van der Waals surface area contributed by atoms with Crippen LogP contribution in [0.3, 0.4) is 0 Å². The van der Waals surface area contributed by atoms with Gasteiger partial charge in [0.2, 0.25) is 0 Å². The van der Waals surface area contributed by atoms with Crippen LogP contribution in [0.1, 0.15) is 25.0 Å². The Morgan fingerprint density at radius 2 is 0.817 bits per heavy atom. The average Bonchev–Trinajstić information content (AvgIpc) is 3.55. The zero-order valence-electron chi connectivity index (χ0n) is 33.8. The Labute approximate surface area is 352 Å². The number of rotatable bonds is 7. The molecule has 0 amide bonds.